The minimum absolute atomic E-state index is 0.148. The van der Waals surface area contributed by atoms with Gasteiger partial charge in [-0.05, 0) is 65.5 Å². The Morgan fingerprint density at radius 1 is 1.10 bits per heavy atom. The molecule has 1 heterocycles. The molecule has 1 saturated heterocycles. The molecule has 0 aromatic heterocycles. The van der Waals surface area contributed by atoms with Crippen molar-refractivity contribution >= 4 is 29.6 Å². The van der Waals surface area contributed by atoms with Crippen LogP contribution in [0.1, 0.15) is 63.7 Å². The largest absolute Gasteiger partial charge is 0.466 e. The van der Waals surface area contributed by atoms with Crippen LogP contribution in [0.25, 0.3) is 0 Å². The van der Waals surface area contributed by atoms with Crippen molar-refractivity contribution in [3.8, 4) is 0 Å². The average molecular weight is 434 g/mol. The van der Waals surface area contributed by atoms with Gasteiger partial charge in [0.15, 0.2) is 0 Å². The Hall–Kier alpha value is -2.02. The smallest absolute Gasteiger partial charge is 0.330 e. The molecule has 0 bridgehead atoms. The van der Waals surface area contributed by atoms with Gasteiger partial charge in [-0.2, -0.15) is 0 Å². The van der Waals surface area contributed by atoms with Gasteiger partial charge in [-0.15, -0.1) is 11.8 Å². The van der Waals surface area contributed by atoms with Crippen LogP contribution >= 0.6 is 11.8 Å². The van der Waals surface area contributed by atoms with Crippen LogP contribution in [0.5, 0.6) is 0 Å². The highest BCUT2D eigenvalue weighted by atomic mass is 32.2. The lowest BCUT2D eigenvalue weighted by molar-refractivity contribution is -0.161. The second-order valence-corrected chi connectivity index (χ2v) is 10.3. The molecule has 1 aliphatic heterocycles. The van der Waals surface area contributed by atoms with E-state index in [1.165, 1.54) is 0 Å². The van der Waals surface area contributed by atoms with Crippen LogP contribution in [-0.2, 0) is 19.1 Å². The molecular formula is C23H31NO5S. The monoisotopic (exact) mass is 433 g/mol. The Morgan fingerprint density at radius 3 is 2.30 bits per heavy atom. The van der Waals surface area contributed by atoms with Crippen molar-refractivity contribution in [2.24, 2.45) is 5.92 Å². The van der Waals surface area contributed by atoms with Gasteiger partial charge < -0.3 is 14.4 Å². The molecule has 30 heavy (non-hydrogen) atoms. The van der Waals surface area contributed by atoms with E-state index in [4.69, 9.17) is 9.47 Å². The normalized spacial score (nSPS) is 26.5. The first-order valence-electron chi connectivity index (χ1n) is 10.6. The molecule has 0 N–H and O–H groups in total. The van der Waals surface area contributed by atoms with Crippen molar-refractivity contribution in [2.75, 3.05) is 12.4 Å². The minimum atomic E-state index is -0.638. The zero-order valence-corrected chi connectivity index (χ0v) is 19.0. The first kappa shape index (κ1) is 22.7. The number of hydrogen-bond acceptors (Lipinski definition) is 6. The highest BCUT2D eigenvalue weighted by molar-refractivity contribution is 8.01. The Bertz CT molecular complexity index is 781. The molecule has 1 aromatic rings. The van der Waals surface area contributed by atoms with E-state index in [0.717, 1.165) is 0 Å². The van der Waals surface area contributed by atoms with Gasteiger partial charge in [0.25, 0.3) is 5.91 Å². The highest BCUT2D eigenvalue weighted by Gasteiger charge is 2.54. The first-order chi connectivity index (χ1) is 14.2. The maximum absolute atomic E-state index is 13.5. The molecule has 0 unspecified atom stereocenters. The van der Waals surface area contributed by atoms with E-state index in [-0.39, 0.29) is 23.8 Å². The number of nitrogens with zero attached hydrogens (tertiary/aromatic N) is 1. The number of carbonyl (C=O) groups excluding carboxylic acids is 3. The molecule has 6 nitrogen and oxygen atoms in total. The van der Waals surface area contributed by atoms with Crippen molar-refractivity contribution < 1.29 is 23.9 Å². The van der Waals surface area contributed by atoms with Crippen molar-refractivity contribution in [3.05, 3.63) is 35.9 Å². The minimum Gasteiger partial charge on any atom is -0.466 e. The molecule has 1 saturated carbocycles. The maximum Gasteiger partial charge on any atom is 0.330 e. The predicted octanol–water partition coefficient (Wildman–Crippen LogP) is 4.04. The summed E-state index contributed by atoms with van der Waals surface area (Å²) < 4.78 is 10.8. The van der Waals surface area contributed by atoms with Gasteiger partial charge in [-0.3, -0.25) is 9.59 Å². The molecule has 1 atom stereocenters. The Labute approximate surface area is 182 Å². The third-order valence-corrected chi connectivity index (χ3v) is 7.19. The molecule has 2 aliphatic rings. The molecule has 2 fully saturated rings. The zero-order chi connectivity index (χ0) is 21.9. The number of thioether (sulfide) groups is 1. The number of rotatable bonds is 4. The standard InChI is InChI=1S/C23H31NO5S/c1-5-28-20(26)17-11-13-23(14-12-17)24(19(25)16-9-7-6-8-10-16)18(15-30-23)21(27)29-22(2,3)4/h6-10,17-18H,5,11-15H2,1-4H3/t17?,18-,23?/m0/s1. The predicted molar refractivity (Wildman–Crippen MR) is 116 cm³/mol. The first-order valence-corrected chi connectivity index (χ1v) is 11.6. The van der Waals surface area contributed by atoms with E-state index in [2.05, 4.69) is 0 Å². The summed E-state index contributed by atoms with van der Waals surface area (Å²) in [6, 6.07) is 8.42. The van der Waals surface area contributed by atoms with Crippen LogP contribution < -0.4 is 0 Å². The van der Waals surface area contributed by atoms with Gasteiger partial charge in [-0.1, -0.05) is 18.2 Å². The summed E-state index contributed by atoms with van der Waals surface area (Å²) in [6.07, 6.45) is 2.59. The van der Waals surface area contributed by atoms with Crippen LogP contribution in [0.3, 0.4) is 0 Å². The molecule has 0 radical (unpaired) electrons. The lowest BCUT2D eigenvalue weighted by Gasteiger charge is -2.43. The van der Waals surface area contributed by atoms with Gasteiger partial charge in [0.1, 0.15) is 11.6 Å². The molecule has 7 heteroatoms. The van der Waals surface area contributed by atoms with Gasteiger partial charge >= 0.3 is 11.9 Å². The van der Waals surface area contributed by atoms with Crippen molar-refractivity contribution in [2.45, 2.75) is 69.9 Å². The summed E-state index contributed by atoms with van der Waals surface area (Å²) in [6.45, 7) is 7.67. The van der Waals surface area contributed by atoms with Gasteiger partial charge in [0.2, 0.25) is 0 Å². The number of carbonyl (C=O) groups is 3. The van der Waals surface area contributed by atoms with Crippen molar-refractivity contribution in [1.82, 2.24) is 4.90 Å². The number of ether oxygens (including phenoxy) is 2. The van der Waals surface area contributed by atoms with Crippen LogP contribution in [0.4, 0.5) is 0 Å². The molecule has 3 rings (SSSR count). The molecule has 1 amide bonds. The van der Waals surface area contributed by atoms with Gasteiger partial charge in [0, 0.05) is 11.3 Å². The quantitative estimate of drug-likeness (QED) is 0.668. The fraction of sp³-hybridized carbons (Fsp3) is 0.609. The third-order valence-electron chi connectivity index (χ3n) is 5.57. The molecule has 164 valence electrons. The second-order valence-electron chi connectivity index (χ2n) is 8.87. The summed E-state index contributed by atoms with van der Waals surface area (Å²) in [4.78, 5) is 39.9. The van der Waals surface area contributed by atoms with Crippen LogP contribution in [0.2, 0.25) is 0 Å². The Morgan fingerprint density at radius 2 is 1.73 bits per heavy atom. The number of esters is 2. The molecule has 1 spiro atoms. The van der Waals surface area contributed by atoms with E-state index in [1.807, 2.05) is 39.0 Å². The number of hydrogen-bond donors (Lipinski definition) is 0. The molecule has 1 aliphatic carbocycles. The van der Waals surface area contributed by atoms with E-state index >= 15 is 0 Å². The Balaban J connectivity index is 1.86. The summed E-state index contributed by atoms with van der Waals surface area (Å²) in [5.74, 6) is -0.350. The van der Waals surface area contributed by atoms with Crippen LogP contribution in [-0.4, -0.2) is 51.6 Å². The van der Waals surface area contributed by atoms with E-state index in [0.29, 0.717) is 43.6 Å². The lowest BCUT2D eigenvalue weighted by Crippen LogP contribution is -2.55. The van der Waals surface area contributed by atoms with Crippen LogP contribution in [0.15, 0.2) is 30.3 Å². The maximum atomic E-state index is 13.5. The second kappa shape index (κ2) is 9.00. The summed E-state index contributed by atoms with van der Waals surface area (Å²) in [5, 5.41) is 0. The van der Waals surface area contributed by atoms with Crippen LogP contribution in [0, 0.1) is 5.92 Å². The number of amides is 1. The SMILES string of the molecule is CCOC(=O)C1CCC2(CC1)SC[C@@H](C(=O)OC(C)(C)C)N2C(=O)c1ccccc1. The fourth-order valence-corrected chi connectivity index (χ4v) is 5.83. The van der Waals surface area contributed by atoms with E-state index in [9.17, 15) is 14.4 Å². The molecular weight excluding hydrogens is 402 g/mol. The van der Waals surface area contributed by atoms with Gasteiger partial charge in [0.05, 0.1) is 17.4 Å². The zero-order valence-electron chi connectivity index (χ0n) is 18.2. The summed E-state index contributed by atoms with van der Waals surface area (Å²) >= 11 is 1.64. The molecule has 1 aromatic carbocycles. The number of benzene rings is 1. The highest BCUT2D eigenvalue weighted by Crippen LogP contribution is 2.51. The fourth-order valence-electron chi connectivity index (χ4n) is 4.20. The average Bonchev–Trinajstić information content (AvgIpc) is 3.06. The summed E-state index contributed by atoms with van der Waals surface area (Å²) in [5.41, 5.74) is -0.0685. The topological polar surface area (TPSA) is 72.9 Å². The van der Waals surface area contributed by atoms with Gasteiger partial charge in [-0.25, -0.2) is 4.79 Å². The van der Waals surface area contributed by atoms with Crippen molar-refractivity contribution in [1.29, 1.82) is 0 Å². The van der Waals surface area contributed by atoms with E-state index < -0.39 is 16.5 Å². The summed E-state index contributed by atoms with van der Waals surface area (Å²) in [7, 11) is 0. The van der Waals surface area contributed by atoms with E-state index in [1.54, 1.807) is 35.7 Å². The van der Waals surface area contributed by atoms with Crippen molar-refractivity contribution in [3.63, 3.8) is 0 Å². The third kappa shape index (κ3) is 4.82. The lowest BCUT2D eigenvalue weighted by atomic mass is 9.84. The Kier molecular flexibility index (Phi) is 6.80.